The van der Waals surface area contributed by atoms with Gasteiger partial charge >= 0.3 is 0 Å². The number of nitrogens with one attached hydrogen (secondary N) is 1. The van der Waals surface area contributed by atoms with E-state index in [4.69, 9.17) is 4.42 Å². The first kappa shape index (κ1) is 15.1. The minimum atomic E-state index is -0.380. The lowest BCUT2D eigenvalue weighted by Crippen LogP contribution is -2.34. The number of rotatable bonds is 5. The van der Waals surface area contributed by atoms with Crippen molar-refractivity contribution in [1.82, 2.24) is 15.5 Å². The molecule has 5 nitrogen and oxygen atoms in total. The summed E-state index contributed by atoms with van der Waals surface area (Å²) in [6.45, 7) is 2.29. The van der Waals surface area contributed by atoms with Gasteiger partial charge in [-0.1, -0.05) is 30.3 Å². The first-order valence-corrected chi connectivity index (χ1v) is 8.72. The molecule has 0 aliphatic heterocycles. The van der Waals surface area contributed by atoms with E-state index in [1.807, 2.05) is 49.4 Å². The normalized spacial score (nSPS) is 15.2. The van der Waals surface area contributed by atoms with Crippen LogP contribution in [0.25, 0.3) is 10.8 Å². The number of aryl methyl sites for hydroxylation is 1. The van der Waals surface area contributed by atoms with Gasteiger partial charge < -0.3 is 9.73 Å². The first-order valence-electron chi connectivity index (χ1n) is 7.90. The molecule has 0 spiro atoms. The Hall–Kier alpha value is -2.47. The van der Waals surface area contributed by atoms with Crippen LogP contribution >= 0.6 is 11.3 Å². The van der Waals surface area contributed by atoms with Gasteiger partial charge in [0, 0.05) is 4.88 Å². The summed E-state index contributed by atoms with van der Waals surface area (Å²) in [7, 11) is 0. The van der Waals surface area contributed by atoms with Crippen molar-refractivity contribution in [2.45, 2.75) is 31.7 Å². The van der Waals surface area contributed by atoms with Crippen molar-refractivity contribution in [2.24, 2.45) is 0 Å². The van der Waals surface area contributed by atoms with Gasteiger partial charge in [-0.2, -0.15) is 0 Å². The highest BCUT2D eigenvalue weighted by molar-refractivity contribution is 7.15. The van der Waals surface area contributed by atoms with E-state index >= 15 is 0 Å². The van der Waals surface area contributed by atoms with Crippen LogP contribution < -0.4 is 5.32 Å². The highest BCUT2D eigenvalue weighted by atomic mass is 32.1. The number of carbonyl (C=O) groups excluding carboxylic acids is 1. The molecule has 1 N–H and O–H groups in total. The zero-order chi connectivity index (χ0) is 16.6. The highest BCUT2D eigenvalue weighted by Crippen LogP contribution is 2.48. The molecule has 0 radical (unpaired) electrons. The van der Waals surface area contributed by atoms with E-state index < -0.39 is 0 Å². The van der Waals surface area contributed by atoms with Gasteiger partial charge in [0.05, 0.1) is 16.8 Å². The van der Waals surface area contributed by atoms with Crippen LogP contribution in [0.3, 0.4) is 0 Å². The Kier molecular flexibility index (Phi) is 3.69. The van der Waals surface area contributed by atoms with Crippen LogP contribution in [-0.4, -0.2) is 16.1 Å². The Morgan fingerprint density at radius 2 is 2.00 bits per heavy atom. The Labute approximate surface area is 143 Å². The molecule has 1 aromatic carbocycles. The number of carbonyl (C=O) groups is 1. The molecule has 0 atom stereocenters. The number of amides is 1. The maximum absolute atomic E-state index is 12.6. The fourth-order valence-electron chi connectivity index (χ4n) is 2.83. The van der Waals surface area contributed by atoms with E-state index in [-0.39, 0.29) is 17.9 Å². The van der Waals surface area contributed by atoms with E-state index in [1.54, 1.807) is 11.3 Å². The minimum absolute atomic E-state index is 0.0282. The maximum atomic E-state index is 12.6. The summed E-state index contributed by atoms with van der Waals surface area (Å²) in [5, 5.41) is 11.0. The van der Waals surface area contributed by atoms with E-state index in [0.29, 0.717) is 11.8 Å². The van der Waals surface area contributed by atoms with E-state index in [1.165, 1.54) is 4.88 Å². The van der Waals surface area contributed by atoms with Gasteiger partial charge in [0.15, 0.2) is 0 Å². The van der Waals surface area contributed by atoms with E-state index in [2.05, 4.69) is 15.5 Å². The second-order valence-corrected chi connectivity index (χ2v) is 7.33. The van der Waals surface area contributed by atoms with Gasteiger partial charge in [-0.25, -0.2) is 0 Å². The summed E-state index contributed by atoms with van der Waals surface area (Å²) in [6.07, 6.45) is 1.76. The molecule has 0 bridgehead atoms. The molecule has 1 aliphatic rings. The average molecular weight is 339 g/mol. The second kappa shape index (κ2) is 5.87. The van der Waals surface area contributed by atoms with Crippen molar-refractivity contribution in [1.29, 1.82) is 0 Å². The van der Waals surface area contributed by atoms with Crippen LogP contribution in [0.15, 0.2) is 46.9 Å². The largest absolute Gasteiger partial charge is 0.418 e. The van der Waals surface area contributed by atoms with Gasteiger partial charge in [0.1, 0.15) is 0 Å². The first-order chi connectivity index (χ1) is 11.7. The van der Waals surface area contributed by atoms with Crippen molar-refractivity contribution in [2.75, 3.05) is 0 Å². The molecule has 2 aromatic heterocycles. The van der Waals surface area contributed by atoms with Crippen molar-refractivity contribution in [3.8, 4) is 10.8 Å². The molecule has 3 aromatic rings. The molecule has 1 amide bonds. The maximum Gasteiger partial charge on any atom is 0.257 e. The lowest BCUT2D eigenvalue weighted by atomic mass is 9.95. The minimum Gasteiger partial charge on any atom is -0.418 e. The number of benzene rings is 1. The van der Waals surface area contributed by atoms with Crippen LogP contribution in [0.5, 0.6) is 0 Å². The summed E-state index contributed by atoms with van der Waals surface area (Å²) < 4.78 is 5.65. The molecule has 122 valence electrons. The van der Waals surface area contributed by atoms with Crippen LogP contribution in [0.2, 0.25) is 0 Å². The number of thiophene rings is 1. The average Bonchev–Trinajstić information content (AvgIpc) is 3.09. The third-order valence-electron chi connectivity index (χ3n) is 4.33. The SMILES string of the molecule is Cc1ccc(-c2nnc(CNC(=O)C3(c4ccccc4)CC3)o2)s1. The Morgan fingerprint density at radius 3 is 2.67 bits per heavy atom. The molecule has 2 heterocycles. The van der Waals surface area contributed by atoms with Gasteiger partial charge in [-0.3, -0.25) is 4.79 Å². The Balaban J connectivity index is 1.42. The van der Waals surface area contributed by atoms with Gasteiger partial charge in [-0.05, 0) is 37.5 Å². The monoisotopic (exact) mass is 339 g/mol. The van der Waals surface area contributed by atoms with Gasteiger partial charge in [0.2, 0.25) is 11.8 Å². The third-order valence-corrected chi connectivity index (χ3v) is 5.32. The molecule has 0 saturated heterocycles. The van der Waals surface area contributed by atoms with Crippen molar-refractivity contribution >= 4 is 17.2 Å². The molecular formula is C18H17N3O2S. The van der Waals surface area contributed by atoms with Crippen LogP contribution in [0, 0.1) is 6.92 Å². The number of aromatic nitrogens is 2. The van der Waals surface area contributed by atoms with Crippen molar-refractivity contribution < 1.29 is 9.21 Å². The van der Waals surface area contributed by atoms with Crippen molar-refractivity contribution in [3.63, 3.8) is 0 Å². The standard InChI is InChI=1S/C18H17N3O2S/c1-12-7-8-14(24-12)16-21-20-15(23-16)11-19-17(22)18(9-10-18)13-5-3-2-4-6-13/h2-8H,9-11H2,1H3,(H,19,22). The van der Waals surface area contributed by atoms with E-state index in [9.17, 15) is 4.79 Å². The molecular weight excluding hydrogens is 322 g/mol. The van der Waals surface area contributed by atoms with Crippen LogP contribution in [-0.2, 0) is 16.8 Å². The lowest BCUT2D eigenvalue weighted by molar-refractivity contribution is -0.123. The summed E-state index contributed by atoms with van der Waals surface area (Å²) in [5.41, 5.74) is 0.692. The topological polar surface area (TPSA) is 68.0 Å². The predicted molar refractivity (Wildman–Crippen MR) is 91.5 cm³/mol. The fourth-order valence-corrected chi connectivity index (χ4v) is 3.62. The second-order valence-electron chi connectivity index (χ2n) is 6.04. The lowest BCUT2D eigenvalue weighted by Gasteiger charge is -2.14. The van der Waals surface area contributed by atoms with Crippen molar-refractivity contribution in [3.05, 3.63) is 58.8 Å². The third kappa shape index (κ3) is 2.73. The quantitative estimate of drug-likeness (QED) is 0.773. The van der Waals surface area contributed by atoms with Crippen LogP contribution in [0.4, 0.5) is 0 Å². The van der Waals surface area contributed by atoms with Gasteiger partial charge in [-0.15, -0.1) is 21.5 Å². The van der Waals surface area contributed by atoms with Crippen LogP contribution in [0.1, 0.15) is 29.2 Å². The Bertz CT molecular complexity index is 865. The van der Waals surface area contributed by atoms with Gasteiger partial charge in [0.25, 0.3) is 5.89 Å². The molecule has 0 unspecified atom stereocenters. The highest BCUT2D eigenvalue weighted by Gasteiger charge is 2.51. The number of nitrogens with zero attached hydrogens (tertiary/aromatic N) is 2. The van der Waals surface area contributed by atoms with E-state index in [0.717, 1.165) is 23.3 Å². The Morgan fingerprint density at radius 1 is 1.21 bits per heavy atom. The molecule has 1 fully saturated rings. The smallest absolute Gasteiger partial charge is 0.257 e. The molecule has 1 saturated carbocycles. The zero-order valence-corrected chi connectivity index (χ0v) is 14.1. The fraction of sp³-hybridized carbons (Fsp3) is 0.278. The molecule has 1 aliphatic carbocycles. The predicted octanol–water partition coefficient (Wildman–Crippen LogP) is 3.45. The molecule has 6 heteroatoms. The number of hydrogen-bond acceptors (Lipinski definition) is 5. The summed E-state index contributed by atoms with van der Waals surface area (Å²) in [5.74, 6) is 0.954. The molecule has 24 heavy (non-hydrogen) atoms. The molecule has 4 rings (SSSR count). The summed E-state index contributed by atoms with van der Waals surface area (Å²) >= 11 is 1.61. The zero-order valence-electron chi connectivity index (χ0n) is 13.3. The summed E-state index contributed by atoms with van der Waals surface area (Å²) in [4.78, 5) is 14.7. The summed E-state index contributed by atoms with van der Waals surface area (Å²) in [6, 6.07) is 13.9. The number of hydrogen-bond donors (Lipinski definition) is 1.